The minimum absolute atomic E-state index is 0.0200. The van der Waals surface area contributed by atoms with Gasteiger partial charge in [0.1, 0.15) is 11.6 Å². The third kappa shape index (κ3) is 3.83. The van der Waals surface area contributed by atoms with Crippen molar-refractivity contribution in [2.45, 2.75) is 39.0 Å². The van der Waals surface area contributed by atoms with Gasteiger partial charge in [0.25, 0.3) is 0 Å². The number of aryl methyl sites for hydroxylation is 1. The van der Waals surface area contributed by atoms with Gasteiger partial charge in [-0.1, -0.05) is 11.3 Å². The van der Waals surface area contributed by atoms with Gasteiger partial charge in [0.15, 0.2) is 16.4 Å². The largest absolute Gasteiger partial charge is 0.487 e. The number of ether oxygens (including phenoxy) is 1. The third-order valence-corrected chi connectivity index (χ3v) is 5.65. The first-order valence-corrected chi connectivity index (χ1v) is 9.82. The van der Waals surface area contributed by atoms with Gasteiger partial charge in [0, 0.05) is 51.8 Å². The molecular formula is C18H21FN6O2S. The zero-order valence-corrected chi connectivity index (χ0v) is 16.7. The summed E-state index contributed by atoms with van der Waals surface area (Å²) < 4.78 is 22.1. The molecule has 10 heteroatoms. The number of anilines is 1. The highest BCUT2D eigenvalue weighted by Crippen LogP contribution is 2.30. The second-order valence-corrected chi connectivity index (χ2v) is 8.10. The predicted molar refractivity (Wildman–Crippen MR) is 104 cm³/mol. The molecular weight excluding hydrogens is 383 g/mol. The van der Waals surface area contributed by atoms with Crippen molar-refractivity contribution in [3.05, 3.63) is 29.3 Å². The standard InChI is InChI=1S/C18H21FN6O2S/c1-10-6-12(27-14-4-5-20-13-8-24(3)23-16(13)14)7-25(10)9-15-17(19)22-18(28-15)21-11(2)26/h4-5,8,10,12H,6-7,9H2,1-3H3,(H,21,22,26). The van der Waals surface area contributed by atoms with E-state index in [-0.39, 0.29) is 23.2 Å². The zero-order chi connectivity index (χ0) is 19.8. The Hall–Kier alpha value is -2.59. The molecule has 0 spiro atoms. The van der Waals surface area contributed by atoms with E-state index in [4.69, 9.17) is 4.74 Å². The summed E-state index contributed by atoms with van der Waals surface area (Å²) >= 11 is 1.16. The third-order valence-electron chi connectivity index (χ3n) is 4.72. The highest BCUT2D eigenvalue weighted by molar-refractivity contribution is 7.15. The van der Waals surface area contributed by atoms with Crippen LogP contribution in [0.5, 0.6) is 5.75 Å². The van der Waals surface area contributed by atoms with E-state index < -0.39 is 5.95 Å². The van der Waals surface area contributed by atoms with Crippen molar-refractivity contribution >= 4 is 33.4 Å². The Labute approximate surface area is 165 Å². The first kappa shape index (κ1) is 18.8. The molecule has 1 aliphatic rings. The predicted octanol–water partition coefficient (Wildman–Crippen LogP) is 2.56. The monoisotopic (exact) mass is 404 g/mol. The van der Waals surface area contributed by atoms with Crippen molar-refractivity contribution in [1.82, 2.24) is 24.6 Å². The number of carbonyl (C=O) groups excluding carboxylic acids is 1. The van der Waals surface area contributed by atoms with Crippen molar-refractivity contribution in [2.75, 3.05) is 11.9 Å². The lowest BCUT2D eigenvalue weighted by Gasteiger charge is -2.19. The number of rotatable bonds is 5. The van der Waals surface area contributed by atoms with Crippen LogP contribution in [-0.2, 0) is 18.4 Å². The molecule has 0 aromatic carbocycles. The maximum atomic E-state index is 14.1. The molecule has 0 aliphatic carbocycles. The number of thiazole rings is 1. The van der Waals surface area contributed by atoms with Crippen LogP contribution in [0.2, 0.25) is 0 Å². The van der Waals surface area contributed by atoms with Crippen LogP contribution >= 0.6 is 11.3 Å². The number of nitrogens with one attached hydrogen (secondary N) is 1. The molecule has 3 aromatic heterocycles. The second kappa shape index (κ2) is 7.44. The van der Waals surface area contributed by atoms with E-state index in [1.807, 2.05) is 19.3 Å². The number of hydrogen-bond donors (Lipinski definition) is 1. The Bertz CT molecular complexity index is 1020. The van der Waals surface area contributed by atoms with E-state index in [1.54, 1.807) is 10.9 Å². The highest BCUT2D eigenvalue weighted by atomic mass is 32.1. The van der Waals surface area contributed by atoms with Crippen LogP contribution in [0.15, 0.2) is 18.5 Å². The topological polar surface area (TPSA) is 85.2 Å². The van der Waals surface area contributed by atoms with E-state index in [2.05, 4.69) is 32.2 Å². The van der Waals surface area contributed by atoms with Gasteiger partial charge in [-0.05, 0) is 6.92 Å². The number of likely N-dealkylation sites (tertiary alicyclic amines) is 1. The quantitative estimate of drug-likeness (QED) is 0.704. The fourth-order valence-corrected chi connectivity index (χ4v) is 4.37. The molecule has 4 heterocycles. The van der Waals surface area contributed by atoms with Crippen molar-refractivity contribution in [3.8, 4) is 5.75 Å². The molecule has 1 N–H and O–H groups in total. The molecule has 0 bridgehead atoms. The Morgan fingerprint density at radius 3 is 3.11 bits per heavy atom. The normalized spacial score (nSPS) is 20.0. The molecule has 8 nitrogen and oxygen atoms in total. The lowest BCUT2D eigenvalue weighted by atomic mass is 10.2. The van der Waals surface area contributed by atoms with Crippen molar-refractivity contribution in [2.24, 2.45) is 7.05 Å². The first-order valence-electron chi connectivity index (χ1n) is 9.01. The van der Waals surface area contributed by atoms with Crippen molar-refractivity contribution in [1.29, 1.82) is 0 Å². The van der Waals surface area contributed by atoms with Gasteiger partial charge in [-0.15, -0.1) is 0 Å². The molecule has 1 fully saturated rings. The van der Waals surface area contributed by atoms with E-state index in [0.717, 1.165) is 28.8 Å². The summed E-state index contributed by atoms with van der Waals surface area (Å²) in [5.74, 6) is -0.0855. The lowest BCUT2D eigenvalue weighted by molar-refractivity contribution is -0.114. The maximum Gasteiger partial charge on any atom is 0.230 e. The minimum Gasteiger partial charge on any atom is -0.487 e. The van der Waals surface area contributed by atoms with E-state index in [9.17, 15) is 9.18 Å². The number of fused-ring (bicyclic) bond motifs is 1. The molecule has 0 radical (unpaired) electrons. The Kier molecular flexibility index (Phi) is 4.98. The highest BCUT2D eigenvalue weighted by Gasteiger charge is 2.32. The number of pyridine rings is 1. The number of carbonyl (C=O) groups is 1. The van der Waals surface area contributed by atoms with Crippen LogP contribution in [0.4, 0.5) is 9.52 Å². The van der Waals surface area contributed by atoms with E-state index in [0.29, 0.717) is 23.7 Å². The maximum absolute atomic E-state index is 14.1. The molecule has 148 valence electrons. The number of aromatic nitrogens is 4. The molecule has 3 aromatic rings. The molecule has 4 rings (SSSR count). The van der Waals surface area contributed by atoms with Crippen molar-refractivity contribution in [3.63, 3.8) is 0 Å². The number of nitrogens with zero attached hydrogens (tertiary/aromatic N) is 5. The average Bonchev–Trinajstić information content (AvgIpc) is 3.25. The van der Waals surface area contributed by atoms with Gasteiger partial charge >= 0.3 is 0 Å². The lowest BCUT2D eigenvalue weighted by Crippen LogP contribution is -2.28. The first-order chi connectivity index (χ1) is 13.4. The minimum atomic E-state index is -0.533. The summed E-state index contributed by atoms with van der Waals surface area (Å²) in [5.41, 5.74) is 1.53. The molecule has 2 atom stereocenters. The summed E-state index contributed by atoms with van der Waals surface area (Å²) in [4.78, 5) is 21.9. The van der Waals surface area contributed by atoms with E-state index >= 15 is 0 Å². The SMILES string of the molecule is CC(=O)Nc1nc(F)c(CN2CC(Oc3ccnc4cn(C)nc34)CC2C)s1. The second-order valence-electron chi connectivity index (χ2n) is 7.01. The summed E-state index contributed by atoms with van der Waals surface area (Å²) in [5, 5.41) is 7.24. The fraction of sp³-hybridized carbons (Fsp3) is 0.444. The van der Waals surface area contributed by atoms with Crippen molar-refractivity contribution < 1.29 is 13.9 Å². The van der Waals surface area contributed by atoms with Crippen LogP contribution in [0.1, 0.15) is 25.1 Å². The number of amides is 1. The molecule has 1 saturated heterocycles. The van der Waals surface area contributed by atoms with Gasteiger partial charge in [-0.2, -0.15) is 14.5 Å². The van der Waals surface area contributed by atoms with Gasteiger partial charge in [0.2, 0.25) is 11.9 Å². The summed E-state index contributed by atoms with van der Waals surface area (Å²) in [7, 11) is 1.85. The van der Waals surface area contributed by atoms with Gasteiger partial charge in [-0.3, -0.25) is 19.4 Å². The average molecular weight is 404 g/mol. The van der Waals surface area contributed by atoms with Crippen LogP contribution in [0, 0.1) is 5.95 Å². The summed E-state index contributed by atoms with van der Waals surface area (Å²) in [6, 6.07) is 2.06. The van der Waals surface area contributed by atoms with Crippen LogP contribution in [0.3, 0.4) is 0 Å². The molecule has 1 aliphatic heterocycles. The van der Waals surface area contributed by atoms with Gasteiger partial charge in [-0.25, -0.2) is 0 Å². The van der Waals surface area contributed by atoms with Crippen LogP contribution in [0.25, 0.3) is 11.0 Å². The molecule has 28 heavy (non-hydrogen) atoms. The smallest absolute Gasteiger partial charge is 0.230 e. The Morgan fingerprint density at radius 2 is 2.32 bits per heavy atom. The zero-order valence-electron chi connectivity index (χ0n) is 15.8. The van der Waals surface area contributed by atoms with Crippen LogP contribution in [-0.4, -0.2) is 49.2 Å². The summed E-state index contributed by atoms with van der Waals surface area (Å²) in [6.45, 7) is 4.57. The Balaban J connectivity index is 1.45. The van der Waals surface area contributed by atoms with Gasteiger partial charge < -0.3 is 10.1 Å². The molecule has 1 amide bonds. The fourth-order valence-electron chi connectivity index (χ4n) is 3.46. The molecule has 0 saturated carbocycles. The van der Waals surface area contributed by atoms with E-state index in [1.165, 1.54) is 6.92 Å². The van der Waals surface area contributed by atoms with Gasteiger partial charge in [0.05, 0.1) is 11.1 Å². The Morgan fingerprint density at radius 1 is 1.50 bits per heavy atom. The van der Waals surface area contributed by atoms with Crippen LogP contribution < -0.4 is 10.1 Å². The number of halogens is 1. The number of hydrogen-bond acceptors (Lipinski definition) is 7. The molecule has 2 unspecified atom stereocenters. The summed E-state index contributed by atoms with van der Waals surface area (Å²) in [6.07, 6.45) is 4.38.